The molecule has 0 spiro atoms. The van der Waals surface area contributed by atoms with Gasteiger partial charge in [-0.1, -0.05) is 11.3 Å². The highest BCUT2D eigenvalue weighted by Gasteiger charge is 2.21. The molecule has 4 rings (SSSR count). The maximum absolute atomic E-state index is 11.3. The maximum atomic E-state index is 11.3. The first-order chi connectivity index (χ1) is 11.5. The normalized spacial score (nSPS) is 11.3. The van der Waals surface area contributed by atoms with E-state index >= 15 is 0 Å². The van der Waals surface area contributed by atoms with Crippen molar-refractivity contribution in [3.63, 3.8) is 0 Å². The molecule has 0 radical (unpaired) electrons. The molecule has 0 bridgehead atoms. The summed E-state index contributed by atoms with van der Waals surface area (Å²) in [4.78, 5) is 33.6. The molecule has 3 heterocycles. The van der Waals surface area contributed by atoms with Crippen LogP contribution in [-0.4, -0.2) is 28.6 Å². The van der Waals surface area contributed by atoms with Gasteiger partial charge in [-0.05, 0) is 12.1 Å². The third kappa shape index (κ3) is 2.09. The lowest BCUT2D eigenvalue weighted by Crippen LogP contribution is -1.89. The molecule has 0 unspecified atom stereocenters. The van der Waals surface area contributed by atoms with Gasteiger partial charge < -0.3 is 14.9 Å². The number of carboxylic acids is 2. The lowest BCUT2D eigenvalue weighted by atomic mass is 10.1. The third-order valence-electron chi connectivity index (χ3n) is 3.49. The minimum Gasteiger partial charge on any atom is -0.477 e. The van der Waals surface area contributed by atoms with E-state index < -0.39 is 11.9 Å². The molecule has 0 aliphatic heterocycles. The molecule has 1 aromatic carbocycles. The van der Waals surface area contributed by atoms with Crippen molar-refractivity contribution in [3.05, 3.63) is 28.0 Å². The molecular weight excluding hydrogens is 372 g/mol. The number of hydrogen-bond acceptors (Lipinski definition) is 7. The zero-order valence-electron chi connectivity index (χ0n) is 11.6. The second-order valence-corrected chi connectivity index (χ2v) is 7.96. The van der Waals surface area contributed by atoms with Gasteiger partial charge in [-0.2, -0.15) is 0 Å². The Morgan fingerprint density at radius 3 is 1.75 bits per heavy atom. The fourth-order valence-corrected chi connectivity index (χ4v) is 5.83. The molecule has 0 aliphatic carbocycles. The van der Waals surface area contributed by atoms with Crippen LogP contribution in [-0.2, 0) is 4.79 Å². The van der Waals surface area contributed by atoms with Crippen molar-refractivity contribution < 1.29 is 29.3 Å². The molecule has 24 heavy (non-hydrogen) atoms. The lowest BCUT2D eigenvalue weighted by molar-refractivity contribution is -0.120. The summed E-state index contributed by atoms with van der Waals surface area (Å²) in [6, 6.07) is 4.81. The van der Waals surface area contributed by atoms with Crippen LogP contribution in [0.2, 0.25) is 0 Å². The first-order valence-electron chi connectivity index (χ1n) is 6.49. The number of benzene rings is 1. The fourth-order valence-electron chi connectivity index (χ4n) is 2.57. The van der Waals surface area contributed by atoms with Crippen molar-refractivity contribution in [3.8, 4) is 5.06 Å². The van der Waals surface area contributed by atoms with Crippen LogP contribution in [0.1, 0.15) is 19.3 Å². The summed E-state index contributed by atoms with van der Waals surface area (Å²) in [6.07, 6.45) is 0. The van der Waals surface area contributed by atoms with Crippen LogP contribution in [0, 0.1) is 0 Å². The molecular formula is C15H6O6S3. The van der Waals surface area contributed by atoms with Crippen LogP contribution in [0.25, 0.3) is 30.3 Å². The largest absolute Gasteiger partial charge is 0.477 e. The van der Waals surface area contributed by atoms with Crippen molar-refractivity contribution >= 4 is 82.7 Å². The van der Waals surface area contributed by atoms with E-state index in [4.69, 9.17) is 4.74 Å². The van der Waals surface area contributed by atoms with Crippen LogP contribution in [0.3, 0.4) is 0 Å². The number of rotatable bonds is 4. The molecule has 6 nitrogen and oxygen atoms in total. The molecule has 4 aromatic rings. The molecule has 0 aliphatic rings. The number of fused-ring (bicyclic) bond motifs is 6. The predicted molar refractivity (Wildman–Crippen MR) is 93.2 cm³/mol. The first kappa shape index (κ1) is 15.1. The Labute approximate surface area is 145 Å². The Bertz CT molecular complexity index is 1080. The van der Waals surface area contributed by atoms with E-state index in [1.54, 1.807) is 18.2 Å². The van der Waals surface area contributed by atoms with E-state index in [1.165, 1.54) is 11.3 Å². The van der Waals surface area contributed by atoms with Gasteiger partial charge in [-0.25, -0.2) is 9.59 Å². The highest BCUT2D eigenvalue weighted by molar-refractivity contribution is 7.28. The third-order valence-corrected chi connectivity index (χ3v) is 6.87. The highest BCUT2D eigenvalue weighted by Crippen LogP contribution is 2.47. The number of hydrogen-bond donors (Lipinski definition) is 2. The number of carbonyl (C=O) groups excluding carboxylic acids is 1. The van der Waals surface area contributed by atoms with E-state index in [-0.39, 0.29) is 9.75 Å². The predicted octanol–water partition coefficient (Wildman–Crippen LogP) is 4.26. The van der Waals surface area contributed by atoms with Crippen molar-refractivity contribution in [2.24, 2.45) is 0 Å². The summed E-state index contributed by atoms with van der Waals surface area (Å²) in [5.74, 6) is -2.07. The van der Waals surface area contributed by atoms with Crippen LogP contribution < -0.4 is 4.74 Å². The van der Waals surface area contributed by atoms with E-state index in [9.17, 15) is 24.6 Å². The second-order valence-electron chi connectivity index (χ2n) is 4.84. The minimum absolute atomic E-state index is 0.174. The summed E-state index contributed by atoms with van der Waals surface area (Å²) in [7, 11) is 0. The minimum atomic E-state index is -1.04. The molecule has 0 saturated carbocycles. The SMILES string of the molecule is O=COc1cc2c(s1)c1cc(C(=O)O)sc1c1cc(C(=O)O)sc21. The topological polar surface area (TPSA) is 101 Å². The molecule has 2 N–H and O–H groups in total. The van der Waals surface area contributed by atoms with Crippen molar-refractivity contribution in [1.82, 2.24) is 0 Å². The molecule has 0 saturated heterocycles. The standard InChI is InChI=1S/C15H6O6S3/c16-4-21-10-3-7-12-5(1-8(23-12)14(17)18)11-6(13(7)24-10)2-9(22-11)15(19)20/h1-4H,(H,17,18)(H,19,20). The lowest BCUT2D eigenvalue weighted by Gasteiger charge is -1.96. The zero-order valence-corrected chi connectivity index (χ0v) is 14.0. The van der Waals surface area contributed by atoms with Gasteiger partial charge in [-0.3, -0.25) is 4.79 Å². The molecule has 0 amide bonds. The number of carbonyl (C=O) groups is 3. The van der Waals surface area contributed by atoms with Crippen LogP contribution in [0.15, 0.2) is 18.2 Å². The number of carboxylic acid groups (broad SMARTS) is 2. The molecule has 9 heteroatoms. The van der Waals surface area contributed by atoms with Gasteiger partial charge in [0.15, 0.2) is 5.06 Å². The Hall–Kier alpha value is -2.49. The zero-order chi connectivity index (χ0) is 17.0. The Morgan fingerprint density at radius 1 is 0.833 bits per heavy atom. The van der Waals surface area contributed by atoms with Gasteiger partial charge in [0.25, 0.3) is 6.47 Å². The van der Waals surface area contributed by atoms with Gasteiger partial charge in [0.05, 0.1) is 0 Å². The number of ether oxygens (including phenoxy) is 1. The van der Waals surface area contributed by atoms with E-state index in [1.807, 2.05) is 0 Å². The Kier molecular flexibility index (Phi) is 3.30. The average molecular weight is 378 g/mol. The van der Waals surface area contributed by atoms with Gasteiger partial charge in [0, 0.05) is 36.3 Å². The van der Waals surface area contributed by atoms with Gasteiger partial charge in [-0.15, -0.1) is 22.7 Å². The molecule has 3 aromatic heterocycles. The Morgan fingerprint density at radius 2 is 1.29 bits per heavy atom. The number of thiophene rings is 3. The summed E-state index contributed by atoms with van der Waals surface area (Å²) in [6.45, 7) is 0.326. The number of aromatic carboxylic acids is 2. The smallest absolute Gasteiger partial charge is 0.345 e. The fraction of sp³-hybridized carbons (Fsp3) is 0. The monoisotopic (exact) mass is 378 g/mol. The van der Waals surface area contributed by atoms with E-state index in [0.717, 1.165) is 47.5 Å². The van der Waals surface area contributed by atoms with Crippen LogP contribution in [0.4, 0.5) is 0 Å². The van der Waals surface area contributed by atoms with E-state index in [2.05, 4.69) is 0 Å². The highest BCUT2D eigenvalue weighted by atomic mass is 32.1. The summed E-state index contributed by atoms with van der Waals surface area (Å²) >= 11 is 3.46. The molecule has 0 atom stereocenters. The van der Waals surface area contributed by atoms with Crippen molar-refractivity contribution in [1.29, 1.82) is 0 Å². The van der Waals surface area contributed by atoms with E-state index in [0.29, 0.717) is 16.9 Å². The Balaban J connectivity index is 2.20. The van der Waals surface area contributed by atoms with Crippen molar-refractivity contribution in [2.45, 2.75) is 0 Å². The van der Waals surface area contributed by atoms with Gasteiger partial charge >= 0.3 is 11.9 Å². The van der Waals surface area contributed by atoms with Gasteiger partial charge in [0.2, 0.25) is 0 Å². The summed E-state index contributed by atoms with van der Waals surface area (Å²) in [5, 5.41) is 21.1. The van der Waals surface area contributed by atoms with Gasteiger partial charge in [0.1, 0.15) is 9.75 Å². The van der Waals surface area contributed by atoms with Crippen LogP contribution in [0.5, 0.6) is 5.06 Å². The quantitative estimate of drug-likeness (QED) is 0.515. The summed E-state index contributed by atoms with van der Waals surface area (Å²) < 4.78 is 7.15. The van der Waals surface area contributed by atoms with Crippen LogP contribution >= 0.6 is 34.0 Å². The van der Waals surface area contributed by atoms with Crippen molar-refractivity contribution in [2.75, 3.05) is 0 Å². The maximum Gasteiger partial charge on any atom is 0.345 e. The molecule has 0 fully saturated rings. The first-order valence-corrected chi connectivity index (χ1v) is 8.94. The second kappa shape index (κ2) is 5.26. The molecule has 120 valence electrons. The average Bonchev–Trinajstić information content (AvgIpc) is 3.22. The summed E-state index contributed by atoms with van der Waals surface area (Å²) in [5.41, 5.74) is 0.